The number of carbonyl (C=O) groups is 1. The Morgan fingerprint density at radius 2 is 1.73 bits per heavy atom. The van der Waals surface area contributed by atoms with Crippen LogP contribution in [-0.2, 0) is 28.1 Å². The standard InChI is InChI=1S/C37H42N2O5/c1-24(40)43-32-28-15-16-30(42-23-27-11-7-4-8-12-27)33-31(28)36-19-20-39(22-26-13-14-26)34(32)37(36,41)18-17-29(35(36)44-33)38(2)21-25-9-5-3-6-10-25/h3-12,15-16,26,29,32,34-35,41H,13-14,17-23H2,1-2H3/t29-,32+,34-,35+,36+,37-/m1/s1. The van der Waals surface area contributed by atoms with Crippen LogP contribution in [0.1, 0.15) is 67.4 Å². The van der Waals surface area contributed by atoms with Gasteiger partial charge in [-0.15, -0.1) is 0 Å². The molecule has 6 atom stereocenters. The summed E-state index contributed by atoms with van der Waals surface area (Å²) in [5.41, 5.74) is 2.57. The average molecular weight is 595 g/mol. The molecule has 0 radical (unpaired) electrons. The van der Waals surface area contributed by atoms with Crippen molar-refractivity contribution in [2.45, 2.75) is 87.5 Å². The molecule has 0 aromatic heterocycles. The Hall–Kier alpha value is -3.39. The van der Waals surface area contributed by atoms with Crippen molar-refractivity contribution in [3.05, 3.63) is 95.1 Å². The van der Waals surface area contributed by atoms with E-state index in [0.29, 0.717) is 30.4 Å². The molecule has 230 valence electrons. The van der Waals surface area contributed by atoms with Gasteiger partial charge in [-0.1, -0.05) is 66.7 Å². The number of piperidine rings is 1. The summed E-state index contributed by atoms with van der Waals surface area (Å²) in [5.74, 6) is 1.73. The second-order valence-electron chi connectivity index (χ2n) is 13.7. The third-order valence-corrected chi connectivity index (χ3v) is 11.1. The minimum Gasteiger partial charge on any atom is -0.485 e. The first-order valence-electron chi connectivity index (χ1n) is 16.3. The molecule has 2 saturated carbocycles. The lowest BCUT2D eigenvalue weighted by Crippen LogP contribution is -2.79. The van der Waals surface area contributed by atoms with Crippen molar-refractivity contribution < 1.29 is 24.1 Å². The molecule has 3 fully saturated rings. The van der Waals surface area contributed by atoms with E-state index in [0.717, 1.165) is 49.2 Å². The number of aliphatic hydroxyl groups is 1. The van der Waals surface area contributed by atoms with E-state index in [-0.39, 0.29) is 24.2 Å². The van der Waals surface area contributed by atoms with E-state index in [1.807, 2.05) is 24.3 Å². The maximum absolute atomic E-state index is 13.2. The lowest BCUT2D eigenvalue weighted by atomic mass is 9.47. The lowest BCUT2D eigenvalue weighted by Gasteiger charge is -2.65. The van der Waals surface area contributed by atoms with E-state index >= 15 is 0 Å². The number of nitrogens with zero attached hydrogens (tertiary/aromatic N) is 2. The van der Waals surface area contributed by atoms with Gasteiger partial charge < -0.3 is 19.3 Å². The Morgan fingerprint density at radius 3 is 2.43 bits per heavy atom. The maximum atomic E-state index is 13.2. The van der Waals surface area contributed by atoms with Crippen LogP contribution in [0.5, 0.6) is 11.5 Å². The normalized spacial score (nSPS) is 31.7. The van der Waals surface area contributed by atoms with Crippen LogP contribution in [0.25, 0.3) is 0 Å². The van der Waals surface area contributed by atoms with Gasteiger partial charge in [0.15, 0.2) is 11.5 Å². The molecule has 7 heteroatoms. The van der Waals surface area contributed by atoms with Crippen molar-refractivity contribution in [3.63, 3.8) is 0 Å². The zero-order valence-corrected chi connectivity index (χ0v) is 25.7. The van der Waals surface area contributed by atoms with Gasteiger partial charge in [-0.05, 0) is 68.8 Å². The predicted molar refractivity (Wildman–Crippen MR) is 166 cm³/mol. The van der Waals surface area contributed by atoms with E-state index in [2.05, 4.69) is 65.4 Å². The minimum atomic E-state index is -1.11. The molecule has 5 aliphatic rings. The van der Waals surface area contributed by atoms with Crippen LogP contribution in [0.15, 0.2) is 72.8 Å². The summed E-state index contributed by atoms with van der Waals surface area (Å²) in [6, 6.07) is 24.5. The first-order valence-corrected chi connectivity index (χ1v) is 16.3. The number of hydrogen-bond donors (Lipinski definition) is 1. The second-order valence-corrected chi connectivity index (χ2v) is 13.7. The highest BCUT2D eigenvalue weighted by atomic mass is 16.6. The molecule has 1 spiro atoms. The molecule has 0 unspecified atom stereocenters. The average Bonchev–Trinajstić information content (AvgIpc) is 3.77. The number of likely N-dealkylation sites (tertiary alicyclic amines) is 1. The highest BCUT2D eigenvalue weighted by molar-refractivity contribution is 5.69. The fraction of sp³-hybridized carbons (Fsp3) is 0.486. The van der Waals surface area contributed by atoms with Crippen LogP contribution in [0.3, 0.4) is 0 Å². The first-order chi connectivity index (χ1) is 21.4. The summed E-state index contributed by atoms with van der Waals surface area (Å²) < 4.78 is 19.8. The van der Waals surface area contributed by atoms with Crippen molar-refractivity contribution in [1.82, 2.24) is 9.80 Å². The van der Waals surface area contributed by atoms with Gasteiger partial charge in [0.2, 0.25) is 0 Å². The molecule has 1 N–H and O–H groups in total. The predicted octanol–water partition coefficient (Wildman–Crippen LogP) is 5.39. The monoisotopic (exact) mass is 594 g/mol. The van der Waals surface area contributed by atoms with E-state index in [9.17, 15) is 9.90 Å². The summed E-state index contributed by atoms with van der Waals surface area (Å²) in [5, 5.41) is 13.2. The van der Waals surface area contributed by atoms with Crippen molar-refractivity contribution in [2.75, 3.05) is 20.1 Å². The molecule has 0 amide bonds. The quantitative estimate of drug-likeness (QED) is 0.333. The summed E-state index contributed by atoms with van der Waals surface area (Å²) in [7, 11) is 2.18. The van der Waals surface area contributed by atoms with Crippen LogP contribution < -0.4 is 9.47 Å². The molecule has 2 aliphatic heterocycles. The molecule has 2 bridgehead atoms. The number of rotatable bonds is 9. The van der Waals surface area contributed by atoms with Crippen LogP contribution in [0, 0.1) is 5.92 Å². The Labute approximate surface area is 259 Å². The molecular formula is C37H42N2O5. The number of ether oxygens (including phenoxy) is 3. The fourth-order valence-corrected chi connectivity index (χ4v) is 9.08. The minimum absolute atomic E-state index is 0.0959. The highest BCUT2D eigenvalue weighted by Crippen LogP contribution is 2.68. The Kier molecular flexibility index (Phi) is 6.78. The van der Waals surface area contributed by atoms with E-state index in [1.54, 1.807) is 0 Å². The van der Waals surface area contributed by atoms with Gasteiger partial charge >= 0.3 is 5.97 Å². The van der Waals surface area contributed by atoms with Gasteiger partial charge in [-0.3, -0.25) is 14.6 Å². The third kappa shape index (κ3) is 4.31. The molecule has 1 saturated heterocycles. The van der Waals surface area contributed by atoms with E-state index in [1.165, 1.54) is 25.3 Å². The molecule has 7 nitrogen and oxygen atoms in total. The topological polar surface area (TPSA) is 71.5 Å². The number of benzene rings is 3. The van der Waals surface area contributed by atoms with Gasteiger partial charge in [0.25, 0.3) is 0 Å². The lowest BCUT2D eigenvalue weighted by molar-refractivity contribution is -0.229. The number of likely N-dealkylation sites (N-methyl/N-ethyl adjacent to an activating group) is 1. The second kappa shape index (κ2) is 10.6. The van der Waals surface area contributed by atoms with Gasteiger partial charge in [-0.2, -0.15) is 0 Å². The molecule has 3 aromatic rings. The van der Waals surface area contributed by atoms with Crippen molar-refractivity contribution in [1.29, 1.82) is 0 Å². The van der Waals surface area contributed by atoms with Gasteiger partial charge in [-0.25, -0.2) is 0 Å². The fourth-order valence-electron chi connectivity index (χ4n) is 9.08. The summed E-state index contributed by atoms with van der Waals surface area (Å²) in [6.07, 6.45) is 3.83. The highest BCUT2D eigenvalue weighted by Gasteiger charge is 2.75. The Bertz CT molecular complexity index is 1540. The zero-order chi connectivity index (χ0) is 30.1. The van der Waals surface area contributed by atoms with Crippen LogP contribution >= 0.6 is 0 Å². The smallest absolute Gasteiger partial charge is 0.303 e. The Balaban J connectivity index is 1.25. The largest absolute Gasteiger partial charge is 0.485 e. The Morgan fingerprint density at radius 1 is 1.00 bits per heavy atom. The number of esters is 1. The van der Waals surface area contributed by atoms with E-state index < -0.39 is 17.1 Å². The zero-order valence-electron chi connectivity index (χ0n) is 25.7. The molecular weight excluding hydrogens is 552 g/mol. The molecule has 8 rings (SSSR count). The number of hydrogen-bond acceptors (Lipinski definition) is 7. The van der Waals surface area contributed by atoms with Gasteiger partial charge in [0, 0.05) is 37.2 Å². The van der Waals surface area contributed by atoms with Crippen LogP contribution in [-0.4, -0.2) is 64.8 Å². The summed E-state index contributed by atoms with van der Waals surface area (Å²) in [6.45, 7) is 4.47. The van der Waals surface area contributed by atoms with Crippen molar-refractivity contribution >= 4 is 5.97 Å². The molecule has 2 heterocycles. The SMILES string of the molecule is CC(=O)O[C@H]1c2ccc(OCc3ccccc3)c3c2[C@]24CCN(CC5CC5)[C@H]1[C@]2(O)CC[C@@H](N(C)Cc1ccccc1)[C@@H]4O3. The molecule has 44 heavy (non-hydrogen) atoms. The van der Waals surface area contributed by atoms with Gasteiger partial charge in [0.05, 0.1) is 17.1 Å². The van der Waals surface area contributed by atoms with E-state index in [4.69, 9.17) is 14.2 Å². The van der Waals surface area contributed by atoms with Crippen molar-refractivity contribution in [2.24, 2.45) is 5.92 Å². The van der Waals surface area contributed by atoms with Crippen LogP contribution in [0.2, 0.25) is 0 Å². The van der Waals surface area contributed by atoms with Crippen molar-refractivity contribution in [3.8, 4) is 11.5 Å². The number of carbonyl (C=O) groups excluding carboxylic acids is 1. The first kappa shape index (κ1) is 28.1. The van der Waals surface area contributed by atoms with Crippen LogP contribution in [0.4, 0.5) is 0 Å². The van der Waals surface area contributed by atoms with Gasteiger partial charge in [0.1, 0.15) is 18.8 Å². The molecule has 3 aliphatic carbocycles. The summed E-state index contributed by atoms with van der Waals surface area (Å²) >= 11 is 0. The third-order valence-electron chi connectivity index (χ3n) is 11.1. The maximum Gasteiger partial charge on any atom is 0.303 e. The summed E-state index contributed by atoms with van der Waals surface area (Å²) in [4.78, 5) is 17.5. The molecule has 3 aromatic carbocycles.